The zero-order chi connectivity index (χ0) is 14.5. The molecule has 4 heteroatoms. The van der Waals surface area contributed by atoms with E-state index in [1.165, 1.54) is 5.56 Å². The summed E-state index contributed by atoms with van der Waals surface area (Å²) in [6.45, 7) is 2.72. The van der Waals surface area contributed by atoms with E-state index in [1.54, 1.807) is 4.90 Å². The van der Waals surface area contributed by atoms with E-state index in [2.05, 4.69) is 6.92 Å². The third-order valence-electron chi connectivity index (χ3n) is 3.74. The molecule has 1 unspecified atom stereocenters. The lowest BCUT2D eigenvalue weighted by atomic mass is 9.91. The van der Waals surface area contributed by atoms with Gasteiger partial charge in [-0.25, -0.2) is 0 Å². The number of amides is 1. The Morgan fingerprint density at radius 2 is 2.10 bits per heavy atom. The molecular weight excluding hydrogens is 252 g/mol. The Bertz CT molecular complexity index is 543. The molecule has 1 aromatic rings. The summed E-state index contributed by atoms with van der Waals surface area (Å²) in [6, 6.07) is 9.69. The van der Waals surface area contributed by atoms with Crippen molar-refractivity contribution in [3.05, 3.63) is 29.8 Å². The lowest BCUT2D eigenvalue weighted by Crippen LogP contribution is -2.44. The number of carbonyl (C=O) groups excluding carboxylic acids is 2. The van der Waals surface area contributed by atoms with Gasteiger partial charge in [0, 0.05) is 12.2 Å². The first-order valence-electron chi connectivity index (χ1n) is 6.97. The van der Waals surface area contributed by atoms with Crippen LogP contribution in [0.2, 0.25) is 0 Å². The van der Waals surface area contributed by atoms with Crippen molar-refractivity contribution in [1.82, 2.24) is 0 Å². The summed E-state index contributed by atoms with van der Waals surface area (Å²) in [5.74, 6) is -1.07. The molecule has 1 heterocycles. The summed E-state index contributed by atoms with van der Waals surface area (Å²) in [7, 11) is 0. The summed E-state index contributed by atoms with van der Waals surface area (Å²) >= 11 is 0. The number of hydrogen-bond acceptors (Lipinski definition) is 3. The Balaban J connectivity index is 2.17. The minimum atomic E-state index is -0.644. The van der Waals surface area contributed by atoms with Crippen LogP contribution in [0.1, 0.15) is 31.7 Å². The molecule has 0 spiro atoms. The maximum Gasteiger partial charge on any atom is 0.237 e. The second kappa shape index (κ2) is 6.33. The van der Waals surface area contributed by atoms with Gasteiger partial charge in [0.15, 0.2) is 5.78 Å². The summed E-state index contributed by atoms with van der Waals surface area (Å²) in [5.41, 5.74) is 2.05. The van der Waals surface area contributed by atoms with Crippen molar-refractivity contribution in [1.29, 1.82) is 5.26 Å². The number of nitriles is 1. The van der Waals surface area contributed by atoms with Crippen molar-refractivity contribution in [3.63, 3.8) is 0 Å². The monoisotopic (exact) mass is 270 g/mol. The predicted octanol–water partition coefficient (Wildman–Crippen LogP) is 2.47. The Labute approximate surface area is 119 Å². The lowest BCUT2D eigenvalue weighted by molar-refractivity contribution is -0.133. The maximum atomic E-state index is 12.4. The molecule has 104 valence electrons. The van der Waals surface area contributed by atoms with E-state index in [-0.39, 0.29) is 18.1 Å². The second-order valence-corrected chi connectivity index (χ2v) is 5.01. The average molecular weight is 270 g/mol. The van der Waals surface area contributed by atoms with Crippen LogP contribution >= 0.6 is 0 Å². The Kier molecular flexibility index (Phi) is 4.52. The highest BCUT2D eigenvalue weighted by Gasteiger charge is 2.34. The molecule has 0 aromatic heterocycles. The number of rotatable bonds is 4. The van der Waals surface area contributed by atoms with Gasteiger partial charge in [-0.1, -0.05) is 19.1 Å². The van der Waals surface area contributed by atoms with Crippen molar-refractivity contribution in [2.45, 2.75) is 32.6 Å². The van der Waals surface area contributed by atoms with Crippen LogP contribution < -0.4 is 4.90 Å². The fourth-order valence-corrected chi connectivity index (χ4v) is 2.54. The molecule has 0 radical (unpaired) electrons. The molecule has 1 atom stereocenters. The summed E-state index contributed by atoms with van der Waals surface area (Å²) in [4.78, 5) is 25.9. The second-order valence-electron chi connectivity index (χ2n) is 5.01. The minimum Gasteiger partial charge on any atom is -0.312 e. The number of anilines is 1. The lowest BCUT2D eigenvalue weighted by Gasteiger charge is -2.31. The normalized spacial score (nSPS) is 18.7. The third kappa shape index (κ3) is 2.88. The highest BCUT2D eigenvalue weighted by molar-refractivity contribution is 6.09. The van der Waals surface area contributed by atoms with Crippen LogP contribution in [-0.4, -0.2) is 18.2 Å². The molecule has 4 nitrogen and oxygen atoms in total. The van der Waals surface area contributed by atoms with Crippen LogP contribution in [0.15, 0.2) is 24.3 Å². The molecule has 1 amide bonds. The van der Waals surface area contributed by atoms with Crippen LogP contribution in [-0.2, 0) is 16.0 Å². The van der Waals surface area contributed by atoms with Crippen LogP contribution in [0, 0.1) is 17.2 Å². The average Bonchev–Trinajstić information content (AvgIpc) is 2.48. The number of piperidine rings is 1. The molecule has 2 rings (SSSR count). The number of ketones is 1. The molecule has 1 aliphatic rings. The molecule has 0 N–H and O–H groups in total. The van der Waals surface area contributed by atoms with E-state index in [0.29, 0.717) is 13.0 Å². The first kappa shape index (κ1) is 14.3. The van der Waals surface area contributed by atoms with Crippen LogP contribution in [0.4, 0.5) is 5.69 Å². The van der Waals surface area contributed by atoms with E-state index in [4.69, 9.17) is 5.26 Å². The van der Waals surface area contributed by atoms with Gasteiger partial charge >= 0.3 is 0 Å². The topological polar surface area (TPSA) is 61.2 Å². The summed E-state index contributed by atoms with van der Waals surface area (Å²) in [5, 5.41) is 8.60. The molecule has 0 aliphatic carbocycles. The molecule has 0 bridgehead atoms. The molecule has 20 heavy (non-hydrogen) atoms. The first-order valence-corrected chi connectivity index (χ1v) is 6.97. The van der Waals surface area contributed by atoms with Gasteiger partial charge in [0.1, 0.15) is 0 Å². The fraction of sp³-hybridized carbons (Fsp3) is 0.438. The van der Waals surface area contributed by atoms with Gasteiger partial charge in [0.05, 0.1) is 18.4 Å². The molecule has 1 aromatic carbocycles. The Hall–Kier alpha value is -2.15. The van der Waals surface area contributed by atoms with Gasteiger partial charge in [-0.05, 0) is 37.0 Å². The van der Waals surface area contributed by atoms with Gasteiger partial charge in [0.25, 0.3) is 0 Å². The minimum absolute atomic E-state index is 0.166. The highest BCUT2D eigenvalue weighted by Crippen LogP contribution is 2.26. The fourth-order valence-electron chi connectivity index (χ4n) is 2.54. The van der Waals surface area contributed by atoms with Gasteiger partial charge < -0.3 is 4.90 Å². The van der Waals surface area contributed by atoms with E-state index >= 15 is 0 Å². The molecule has 1 fully saturated rings. The first-order chi connectivity index (χ1) is 9.67. The highest BCUT2D eigenvalue weighted by atomic mass is 16.2. The van der Waals surface area contributed by atoms with Crippen molar-refractivity contribution >= 4 is 17.4 Å². The quantitative estimate of drug-likeness (QED) is 0.790. The van der Waals surface area contributed by atoms with Crippen LogP contribution in [0.5, 0.6) is 0 Å². The van der Waals surface area contributed by atoms with Crippen molar-refractivity contribution < 1.29 is 9.59 Å². The summed E-state index contributed by atoms with van der Waals surface area (Å²) in [6.07, 6.45) is 2.13. The number of aryl methyl sites for hydroxylation is 1. The number of carbonyl (C=O) groups is 2. The molecule has 1 saturated heterocycles. The summed E-state index contributed by atoms with van der Waals surface area (Å²) < 4.78 is 0. The zero-order valence-corrected chi connectivity index (χ0v) is 11.6. The number of hydrogen-bond donors (Lipinski definition) is 0. The zero-order valence-electron chi connectivity index (χ0n) is 11.6. The molecule has 1 aliphatic heterocycles. The number of nitrogens with zero attached hydrogens (tertiary/aromatic N) is 2. The third-order valence-corrected chi connectivity index (χ3v) is 3.74. The van der Waals surface area contributed by atoms with E-state index < -0.39 is 5.92 Å². The van der Waals surface area contributed by atoms with Crippen molar-refractivity contribution in [2.24, 2.45) is 5.92 Å². The van der Waals surface area contributed by atoms with E-state index in [1.807, 2.05) is 30.3 Å². The van der Waals surface area contributed by atoms with Crippen molar-refractivity contribution in [2.75, 3.05) is 11.4 Å². The number of benzene rings is 1. The van der Waals surface area contributed by atoms with Gasteiger partial charge in [-0.15, -0.1) is 0 Å². The van der Waals surface area contributed by atoms with Gasteiger partial charge in [0.2, 0.25) is 5.91 Å². The van der Waals surface area contributed by atoms with Gasteiger partial charge in [-0.2, -0.15) is 5.26 Å². The SMILES string of the molecule is CCc1ccc(N2CCCC(C(=O)CC#N)C2=O)cc1. The van der Waals surface area contributed by atoms with E-state index in [9.17, 15) is 9.59 Å². The van der Waals surface area contributed by atoms with Gasteiger partial charge in [-0.3, -0.25) is 9.59 Å². The Morgan fingerprint density at radius 1 is 1.40 bits per heavy atom. The molecular formula is C16H18N2O2. The van der Waals surface area contributed by atoms with Crippen molar-refractivity contribution in [3.8, 4) is 6.07 Å². The number of Topliss-reactive ketones (excluding diaryl/α,β-unsaturated/α-hetero) is 1. The van der Waals surface area contributed by atoms with E-state index in [0.717, 1.165) is 18.5 Å². The molecule has 0 saturated carbocycles. The van der Waals surface area contributed by atoms with Crippen LogP contribution in [0.25, 0.3) is 0 Å². The smallest absolute Gasteiger partial charge is 0.237 e. The maximum absolute atomic E-state index is 12.4. The predicted molar refractivity (Wildman–Crippen MR) is 76.1 cm³/mol. The van der Waals surface area contributed by atoms with Crippen LogP contribution in [0.3, 0.4) is 0 Å². The Morgan fingerprint density at radius 3 is 2.70 bits per heavy atom. The largest absolute Gasteiger partial charge is 0.312 e. The standard InChI is InChI=1S/C16H18N2O2/c1-2-12-5-7-13(8-6-12)18-11-3-4-14(16(18)20)15(19)9-10-17/h5-8,14H,2-4,9,11H2,1H3.